The standard InChI is InChI=1S/C21H21N3O8/c1-29-16-9-13-14(10-17(16)30-2)22-12-24(21(13)28)7-3-6-19(26)32-11-18(25)23-20(27)15-5-4-8-31-15/h4-5,8-10,12H,3,6-7,11H2,1-2H3,(H,23,25,27). The summed E-state index contributed by atoms with van der Waals surface area (Å²) in [5.74, 6) is -1.31. The molecule has 0 aliphatic carbocycles. The summed E-state index contributed by atoms with van der Waals surface area (Å²) in [7, 11) is 2.96. The molecule has 0 saturated carbocycles. The minimum absolute atomic E-state index is 0.0319. The lowest BCUT2D eigenvalue weighted by Gasteiger charge is -2.10. The second kappa shape index (κ2) is 10.2. The van der Waals surface area contributed by atoms with Crippen LogP contribution in [0.15, 0.2) is 46.1 Å². The number of ether oxygens (including phenoxy) is 3. The number of benzene rings is 1. The monoisotopic (exact) mass is 443 g/mol. The molecule has 0 aliphatic rings. The van der Waals surface area contributed by atoms with Crippen molar-refractivity contribution in [2.45, 2.75) is 19.4 Å². The van der Waals surface area contributed by atoms with E-state index in [0.717, 1.165) is 0 Å². The van der Waals surface area contributed by atoms with Crippen LogP contribution in [-0.4, -0.2) is 48.2 Å². The number of fused-ring (bicyclic) bond motifs is 1. The fraction of sp³-hybridized carbons (Fsp3) is 0.286. The number of aryl methyl sites for hydroxylation is 1. The number of methoxy groups -OCH3 is 2. The molecular formula is C21H21N3O8. The number of esters is 1. The van der Waals surface area contributed by atoms with E-state index in [1.807, 2.05) is 5.32 Å². The molecule has 3 aromatic rings. The highest BCUT2D eigenvalue weighted by Gasteiger charge is 2.15. The third-order valence-corrected chi connectivity index (χ3v) is 4.47. The molecular weight excluding hydrogens is 422 g/mol. The second-order valence-electron chi connectivity index (χ2n) is 6.59. The Bertz CT molecular complexity index is 1180. The van der Waals surface area contributed by atoms with Crippen molar-refractivity contribution in [2.24, 2.45) is 0 Å². The van der Waals surface area contributed by atoms with E-state index in [1.165, 1.54) is 43.5 Å². The van der Waals surface area contributed by atoms with Crippen molar-refractivity contribution in [3.8, 4) is 11.5 Å². The van der Waals surface area contributed by atoms with Crippen LogP contribution in [0.3, 0.4) is 0 Å². The van der Waals surface area contributed by atoms with E-state index >= 15 is 0 Å². The van der Waals surface area contributed by atoms with E-state index in [1.54, 1.807) is 12.1 Å². The van der Waals surface area contributed by atoms with Crippen molar-refractivity contribution in [2.75, 3.05) is 20.8 Å². The van der Waals surface area contributed by atoms with Crippen LogP contribution in [0, 0.1) is 0 Å². The van der Waals surface area contributed by atoms with E-state index < -0.39 is 24.4 Å². The van der Waals surface area contributed by atoms with Crippen LogP contribution in [0.5, 0.6) is 11.5 Å². The molecule has 2 heterocycles. The van der Waals surface area contributed by atoms with Gasteiger partial charge in [0.05, 0.1) is 37.7 Å². The van der Waals surface area contributed by atoms with Gasteiger partial charge in [-0.15, -0.1) is 0 Å². The Morgan fingerprint density at radius 1 is 1.16 bits per heavy atom. The maximum Gasteiger partial charge on any atom is 0.306 e. The summed E-state index contributed by atoms with van der Waals surface area (Å²) in [5, 5.41) is 2.39. The lowest BCUT2D eigenvalue weighted by atomic mass is 10.2. The summed E-state index contributed by atoms with van der Waals surface area (Å²) in [4.78, 5) is 52.2. The van der Waals surface area contributed by atoms with Gasteiger partial charge in [0.25, 0.3) is 17.4 Å². The molecule has 0 atom stereocenters. The molecule has 0 aliphatic heterocycles. The molecule has 11 nitrogen and oxygen atoms in total. The van der Waals surface area contributed by atoms with Crippen molar-refractivity contribution in [3.63, 3.8) is 0 Å². The molecule has 2 amide bonds. The van der Waals surface area contributed by atoms with E-state index in [0.29, 0.717) is 22.4 Å². The lowest BCUT2D eigenvalue weighted by molar-refractivity contribution is -0.148. The molecule has 3 rings (SSSR count). The molecule has 2 aromatic heterocycles. The Labute approximate surface area is 181 Å². The molecule has 0 unspecified atom stereocenters. The number of aromatic nitrogens is 2. The number of imide groups is 1. The zero-order chi connectivity index (χ0) is 23.1. The van der Waals surface area contributed by atoms with Gasteiger partial charge < -0.3 is 18.6 Å². The van der Waals surface area contributed by atoms with Crippen LogP contribution < -0.4 is 20.3 Å². The number of amides is 2. The van der Waals surface area contributed by atoms with Crippen LogP contribution in [0.1, 0.15) is 23.4 Å². The summed E-state index contributed by atoms with van der Waals surface area (Å²) in [6.07, 6.45) is 2.93. The van der Waals surface area contributed by atoms with Gasteiger partial charge >= 0.3 is 5.97 Å². The number of carbonyl (C=O) groups is 3. The molecule has 0 fully saturated rings. The van der Waals surface area contributed by atoms with Gasteiger partial charge in [0.2, 0.25) is 0 Å². The van der Waals surface area contributed by atoms with Gasteiger partial charge in [0, 0.05) is 19.0 Å². The van der Waals surface area contributed by atoms with Gasteiger partial charge in [-0.3, -0.25) is 29.1 Å². The Hall–Kier alpha value is -4.15. The van der Waals surface area contributed by atoms with Gasteiger partial charge in [0.15, 0.2) is 23.9 Å². The van der Waals surface area contributed by atoms with Gasteiger partial charge in [-0.25, -0.2) is 4.98 Å². The summed E-state index contributed by atoms with van der Waals surface area (Å²) >= 11 is 0. The first kappa shape index (κ1) is 22.5. The Morgan fingerprint density at radius 2 is 1.91 bits per heavy atom. The summed E-state index contributed by atoms with van der Waals surface area (Å²) < 4.78 is 21.5. The number of furan rings is 1. The fourth-order valence-electron chi connectivity index (χ4n) is 2.89. The number of hydrogen-bond donors (Lipinski definition) is 1. The highest BCUT2D eigenvalue weighted by molar-refractivity contribution is 6.03. The quantitative estimate of drug-likeness (QED) is 0.485. The molecule has 0 spiro atoms. The fourth-order valence-corrected chi connectivity index (χ4v) is 2.89. The van der Waals surface area contributed by atoms with Crippen LogP contribution >= 0.6 is 0 Å². The Kier molecular flexibility index (Phi) is 7.21. The number of rotatable bonds is 9. The molecule has 0 radical (unpaired) electrons. The summed E-state index contributed by atoms with van der Waals surface area (Å²) in [6, 6.07) is 6.06. The van der Waals surface area contributed by atoms with Crippen molar-refractivity contribution < 1.29 is 33.0 Å². The molecule has 0 saturated heterocycles. The topological polar surface area (TPSA) is 139 Å². The Balaban J connectivity index is 1.50. The summed E-state index contributed by atoms with van der Waals surface area (Å²) in [6.45, 7) is -0.390. The third-order valence-electron chi connectivity index (χ3n) is 4.47. The van der Waals surface area contributed by atoms with E-state index in [9.17, 15) is 19.2 Å². The Morgan fingerprint density at radius 3 is 2.59 bits per heavy atom. The van der Waals surface area contributed by atoms with Crippen LogP contribution in [0.2, 0.25) is 0 Å². The zero-order valence-corrected chi connectivity index (χ0v) is 17.5. The molecule has 32 heavy (non-hydrogen) atoms. The predicted molar refractivity (Wildman–Crippen MR) is 110 cm³/mol. The number of hydrogen-bond acceptors (Lipinski definition) is 9. The average molecular weight is 443 g/mol. The van der Waals surface area contributed by atoms with Crippen molar-refractivity contribution in [3.05, 3.63) is 53.0 Å². The largest absolute Gasteiger partial charge is 0.493 e. The molecule has 1 aromatic carbocycles. The van der Waals surface area contributed by atoms with E-state index in [-0.39, 0.29) is 30.7 Å². The first-order valence-electron chi connectivity index (χ1n) is 9.57. The SMILES string of the molecule is COc1cc2ncn(CCCC(=O)OCC(=O)NC(=O)c3ccco3)c(=O)c2cc1OC. The van der Waals surface area contributed by atoms with Gasteiger partial charge in [-0.2, -0.15) is 0 Å². The van der Waals surface area contributed by atoms with Crippen LogP contribution in [0.4, 0.5) is 0 Å². The summed E-state index contributed by atoms with van der Waals surface area (Å²) in [5.41, 5.74) is 0.165. The van der Waals surface area contributed by atoms with Crippen molar-refractivity contribution in [1.82, 2.24) is 14.9 Å². The second-order valence-corrected chi connectivity index (χ2v) is 6.59. The molecule has 168 valence electrons. The number of carbonyl (C=O) groups excluding carboxylic acids is 3. The van der Waals surface area contributed by atoms with Crippen molar-refractivity contribution >= 4 is 28.7 Å². The third kappa shape index (κ3) is 5.31. The van der Waals surface area contributed by atoms with E-state index in [2.05, 4.69) is 4.98 Å². The first-order valence-corrected chi connectivity index (χ1v) is 9.57. The number of nitrogens with one attached hydrogen (secondary N) is 1. The van der Waals surface area contributed by atoms with E-state index in [4.69, 9.17) is 18.6 Å². The van der Waals surface area contributed by atoms with Gasteiger partial charge in [-0.05, 0) is 24.6 Å². The maximum absolute atomic E-state index is 12.7. The minimum atomic E-state index is -0.779. The van der Waals surface area contributed by atoms with Crippen molar-refractivity contribution in [1.29, 1.82) is 0 Å². The molecule has 0 bridgehead atoms. The highest BCUT2D eigenvalue weighted by Crippen LogP contribution is 2.29. The van der Waals surface area contributed by atoms with Crippen LogP contribution in [0.25, 0.3) is 10.9 Å². The highest BCUT2D eigenvalue weighted by atomic mass is 16.5. The smallest absolute Gasteiger partial charge is 0.306 e. The molecule has 11 heteroatoms. The average Bonchev–Trinajstić information content (AvgIpc) is 3.33. The maximum atomic E-state index is 12.7. The molecule has 1 N–H and O–H groups in total. The normalized spacial score (nSPS) is 10.6. The predicted octanol–water partition coefficient (Wildman–Crippen LogP) is 1.29. The van der Waals surface area contributed by atoms with Crippen LogP contribution in [-0.2, 0) is 20.9 Å². The van der Waals surface area contributed by atoms with Gasteiger partial charge in [-0.1, -0.05) is 0 Å². The lowest BCUT2D eigenvalue weighted by Crippen LogP contribution is -2.34. The zero-order valence-electron chi connectivity index (χ0n) is 17.5. The van der Waals surface area contributed by atoms with Gasteiger partial charge in [0.1, 0.15) is 0 Å². The number of nitrogens with zero attached hydrogens (tertiary/aromatic N) is 2. The first-order chi connectivity index (χ1) is 15.4. The minimum Gasteiger partial charge on any atom is -0.493 e.